The van der Waals surface area contributed by atoms with E-state index in [4.69, 9.17) is 14.4 Å². The average Bonchev–Trinajstić information content (AvgIpc) is 3.59. The summed E-state index contributed by atoms with van der Waals surface area (Å²) in [6.45, 7) is 0. The Hall–Kier alpha value is -6.39. The minimum Gasteiger partial charge on any atom is -0.436 e. The van der Waals surface area contributed by atoms with Gasteiger partial charge in [-0.3, -0.25) is 0 Å². The molecule has 4 heteroatoms. The van der Waals surface area contributed by atoms with Crippen LogP contribution in [0.2, 0.25) is 0 Å². The first kappa shape index (κ1) is 27.0. The van der Waals surface area contributed by atoms with Gasteiger partial charge in [-0.25, -0.2) is 15.0 Å². The van der Waals surface area contributed by atoms with Crippen molar-refractivity contribution in [3.05, 3.63) is 164 Å². The van der Waals surface area contributed by atoms with Crippen molar-refractivity contribution in [1.82, 2.24) is 15.0 Å². The summed E-state index contributed by atoms with van der Waals surface area (Å²) in [6.07, 6.45) is 0. The van der Waals surface area contributed by atoms with Crippen molar-refractivity contribution in [2.75, 3.05) is 0 Å². The summed E-state index contributed by atoms with van der Waals surface area (Å²) < 4.78 is 6.02. The maximum atomic E-state index is 6.02. The molecule has 0 radical (unpaired) electrons. The van der Waals surface area contributed by atoms with E-state index in [2.05, 4.69) is 138 Å². The van der Waals surface area contributed by atoms with E-state index in [0.29, 0.717) is 11.7 Å². The van der Waals surface area contributed by atoms with Crippen LogP contribution < -0.4 is 0 Å². The molecule has 0 bridgehead atoms. The van der Waals surface area contributed by atoms with Crippen molar-refractivity contribution in [3.63, 3.8) is 0 Å². The third-order valence-electron chi connectivity index (χ3n) is 8.76. The molecule has 0 atom stereocenters. The molecule has 220 valence electrons. The fraction of sp³-hybridized carbons (Fsp3) is 0. The molecule has 2 aromatic heterocycles. The summed E-state index contributed by atoms with van der Waals surface area (Å²) >= 11 is 0. The smallest absolute Gasteiger partial charge is 0.227 e. The van der Waals surface area contributed by atoms with Crippen molar-refractivity contribution in [3.8, 4) is 56.5 Å². The van der Waals surface area contributed by atoms with Crippen molar-refractivity contribution in [1.29, 1.82) is 0 Å². The highest BCUT2D eigenvalue weighted by molar-refractivity contribution is 6.04. The Kier molecular flexibility index (Phi) is 6.43. The van der Waals surface area contributed by atoms with Crippen molar-refractivity contribution < 1.29 is 4.42 Å². The first-order chi connectivity index (χ1) is 23.3. The van der Waals surface area contributed by atoms with Crippen molar-refractivity contribution >= 4 is 32.6 Å². The number of fused-ring (bicyclic) bond motifs is 3. The largest absolute Gasteiger partial charge is 0.436 e. The van der Waals surface area contributed by atoms with Gasteiger partial charge in [0.25, 0.3) is 0 Å². The van der Waals surface area contributed by atoms with Crippen LogP contribution in [0.15, 0.2) is 168 Å². The predicted molar refractivity (Wildman–Crippen MR) is 192 cm³/mol. The molecule has 7 aromatic carbocycles. The van der Waals surface area contributed by atoms with Crippen LogP contribution in [0.1, 0.15) is 0 Å². The first-order valence-electron chi connectivity index (χ1n) is 15.7. The van der Waals surface area contributed by atoms with Gasteiger partial charge < -0.3 is 4.42 Å². The van der Waals surface area contributed by atoms with E-state index >= 15 is 0 Å². The van der Waals surface area contributed by atoms with Gasteiger partial charge in [0.15, 0.2) is 11.4 Å². The van der Waals surface area contributed by atoms with Gasteiger partial charge in [0, 0.05) is 22.3 Å². The van der Waals surface area contributed by atoms with E-state index in [1.54, 1.807) is 0 Å². The van der Waals surface area contributed by atoms with Gasteiger partial charge in [0.2, 0.25) is 5.89 Å². The molecule has 0 aliphatic heterocycles. The number of para-hydroxylation sites is 2. The highest BCUT2D eigenvalue weighted by atomic mass is 16.3. The Labute approximate surface area is 271 Å². The number of aromatic nitrogens is 3. The Morgan fingerprint density at radius 2 is 1.02 bits per heavy atom. The zero-order valence-corrected chi connectivity index (χ0v) is 25.3. The zero-order chi connectivity index (χ0) is 31.2. The van der Waals surface area contributed by atoms with Gasteiger partial charge >= 0.3 is 0 Å². The Morgan fingerprint density at radius 1 is 0.383 bits per heavy atom. The van der Waals surface area contributed by atoms with Gasteiger partial charge in [-0.15, -0.1) is 0 Å². The van der Waals surface area contributed by atoms with Crippen LogP contribution in [-0.4, -0.2) is 15.0 Å². The zero-order valence-electron chi connectivity index (χ0n) is 25.3. The number of oxazole rings is 1. The molecule has 9 rings (SSSR count). The van der Waals surface area contributed by atoms with Crippen LogP contribution >= 0.6 is 0 Å². The molecule has 0 saturated carbocycles. The summed E-state index contributed by atoms with van der Waals surface area (Å²) in [4.78, 5) is 15.1. The van der Waals surface area contributed by atoms with Crippen LogP contribution in [0.25, 0.3) is 89.1 Å². The monoisotopic (exact) mass is 601 g/mol. The molecule has 9 aromatic rings. The standard InChI is InChI=1S/C43H27N3O/c1-2-12-30(13-3-1)39-27-40(36-18-10-14-28-11-4-5-15-32(28)36)45-42(44-39)37-26-25-33(34-16-6-7-17-35(34)37)29-21-23-31(24-22-29)43-46-38-19-8-9-20-41(38)47-43/h1-27H. The lowest BCUT2D eigenvalue weighted by Gasteiger charge is -2.14. The molecule has 0 fully saturated rings. The van der Waals surface area contributed by atoms with Gasteiger partial charge in [0.05, 0.1) is 11.4 Å². The first-order valence-corrected chi connectivity index (χ1v) is 15.7. The fourth-order valence-corrected chi connectivity index (χ4v) is 6.45. The molecular formula is C43H27N3O. The second-order valence-electron chi connectivity index (χ2n) is 11.6. The van der Waals surface area contributed by atoms with Gasteiger partial charge in [-0.1, -0.05) is 127 Å². The lowest BCUT2D eigenvalue weighted by molar-refractivity contribution is 0.620. The second kappa shape index (κ2) is 11.2. The SMILES string of the molecule is c1ccc(-c2cc(-c3cccc4ccccc34)nc(-c3ccc(-c4ccc(-c5nc6ccccc6o5)cc4)c4ccccc34)n2)cc1. The third-order valence-corrected chi connectivity index (χ3v) is 8.76. The summed E-state index contributed by atoms with van der Waals surface area (Å²) in [7, 11) is 0. The number of nitrogens with zero attached hydrogens (tertiary/aromatic N) is 3. The predicted octanol–water partition coefficient (Wildman–Crippen LogP) is 11.3. The number of rotatable bonds is 5. The quantitative estimate of drug-likeness (QED) is 0.197. The maximum Gasteiger partial charge on any atom is 0.227 e. The highest BCUT2D eigenvalue weighted by Gasteiger charge is 2.16. The second-order valence-corrected chi connectivity index (χ2v) is 11.6. The lowest BCUT2D eigenvalue weighted by atomic mass is 9.94. The topological polar surface area (TPSA) is 51.8 Å². The number of hydrogen-bond acceptors (Lipinski definition) is 4. The normalized spacial score (nSPS) is 11.4. The Bertz CT molecular complexity index is 2530. The van der Waals surface area contributed by atoms with E-state index in [0.717, 1.165) is 66.6 Å². The molecule has 2 heterocycles. The average molecular weight is 602 g/mol. The molecule has 47 heavy (non-hydrogen) atoms. The molecule has 0 aliphatic carbocycles. The van der Waals surface area contributed by atoms with E-state index in [9.17, 15) is 0 Å². The van der Waals surface area contributed by atoms with Gasteiger partial charge in [-0.05, 0) is 69.1 Å². The van der Waals surface area contributed by atoms with Gasteiger partial charge in [0.1, 0.15) is 5.52 Å². The molecule has 0 aliphatic rings. The lowest BCUT2D eigenvalue weighted by Crippen LogP contribution is -1.97. The molecule has 0 amide bonds. The number of benzene rings is 7. The minimum atomic E-state index is 0.621. The van der Waals surface area contributed by atoms with Crippen LogP contribution in [0.4, 0.5) is 0 Å². The van der Waals surface area contributed by atoms with Crippen LogP contribution in [-0.2, 0) is 0 Å². The third kappa shape index (κ3) is 4.84. The van der Waals surface area contributed by atoms with Gasteiger partial charge in [-0.2, -0.15) is 0 Å². The van der Waals surface area contributed by atoms with Crippen molar-refractivity contribution in [2.45, 2.75) is 0 Å². The van der Waals surface area contributed by atoms with E-state index in [1.807, 2.05) is 30.3 Å². The number of hydrogen-bond donors (Lipinski definition) is 0. The van der Waals surface area contributed by atoms with Crippen LogP contribution in [0.3, 0.4) is 0 Å². The maximum absolute atomic E-state index is 6.02. The van der Waals surface area contributed by atoms with E-state index < -0.39 is 0 Å². The molecule has 4 nitrogen and oxygen atoms in total. The Balaban J connectivity index is 1.18. The molecule has 0 saturated heterocycles. The molecular weight excluding hydrogens is 574 g/mol. The van der Waals surface area contributed by atoms with Crippen molar-refractivity contribution in [2.24, 2.45) is 0 Å². The summed E-state index contributed by atoms with van der Waals surface area (Å²) in [5, 5.41) is 4.59. The summed E-state index contributed by atoms with van der Waals surface area (Å²) in [5.74, 6) is 1.32. The minimum absolute atomic E-state index is 0.621. The summed E-state index contributed by atoms with van der Waals surface area (Å²) in [6, 6.07) is 56.4. The van der Waals surface area contributed by atoms with Crippen LogP contribution in [0, 0.1) is 0 Å². The molecule has 0 N–H and O–H groups in total. The molecule has 0 unspecified atom stereocenters. The fourth-order valence-electron chi connectivity index (χ4n) is 6.45. The highest BCUT2D eigenvalue weighted by Crippen LogP contribution is 2.38. The summed E-state index contributed by atoms with van der Waals surface area (Å²) in [5.41, 5.74) is 9.76. The van der Waals surface area contributed by atoms with E-state index in [1.165, 1.54) is 10.8 Å². The van der Waals surface area contributed by atoms with E-state index in [-0.39, 0.29) is 0 Å². The van der Waals surface area contributed by atoms with Crippen LogP contribution in [0.5, 0.6) is 0 Å². The molecule has 0 spiro atoms. The Morgan fingerprint density at radius 3 is 1.85 bits per heavy atom.